The number of nitrogen functional groups attached to an aromatic ring is 1. The second kappa shape index (κ2) is 1.70. The topological polar surface area (TPSA) is 64.9 Å². The number of anilines is 1. The number of nitrogens with zero attached hydrogens (tertiary/aromatic N) is 2. The van der Waals surface area contributed by atoms with Crippen LogP contribution in [0.3, 0.4) is 0 Å². The van der Waals surface area contributed by atoms with Crippen molar-refractivity contribution < 1.29 is 4.42 Å². The molecule has 0 bridgehead atoms. The van der Waals surface area contributed by atoms with Gasteiger partial charge in [-0.3, -0.25) is 0 Å². The Morgan fingerprint density at radius 3 is 3.20 bits per heavy atom. The minimum Gasteiger partial charge on any atom is -0.445 e. The Labute approximate surface area is 56.7 Å². The Morgan fingerprint density at radius 2 is 2.40 bits per heavy atom. The van der Waals surface area contributed by atoms with E-state index in [2.05, 4.69) is 10.2 Å². The third-order valence-electron chi connectivity index (χ3n) is 1.30. The molecule has 0 saturated carbocycles. The van der Waals surface area contributed by atoms with Crippen LogP contribution in [0.25, 0.3) is 11.1 Å². The SMILES string of the molecule is Nc1cnnc2occc12. The first-order valence-corrected chi connectivity index (χ1v) is 2.82. The summed E-state index contributed by atoms with van der Waals surface area (Å²) >= 11 is 0. The zero-order valence-electron chi connectivity index (χ0n) is 5.11. The van der Waals surface area contributed by atoms with Gasteiger partial charge in [-0.2, -0.15) is 5.10 Å². The molecule has 4 heteroatoms. The minimum absolute atomic E-state index is 0.486. The first-order chi connectivity index (χ1) is 4.88. The molecule has 50 valence electrons. The molecule has 2 heterocycles. The predicted molar refractivity (Wildman–Crippen MR) is 36.2 cm³/mol. The highest BCUT2D eigenvalue weighted by atomic mass is 16.3. The van der Waals surface area contributed by atoms with Crippen LogP contribution in [0.4, 0.5) is 5.69 Å². The van der Waals surface area contributed by atoms with Gasteiger partial charge in [0.2, 0.25) is 5.71 Å². The molecule has 0 aromatic carbocycles. The Bertz CT molecular complexity index is 355. The lowest BCUT2D eigenvalue weighted by Gasteiger charge is -1.88. The maximum Gasteiger partial charge on any atom is 0.247 e. The fraction of sp³-hybridized carbons (Fsp3) is 0. The van der Waals surface area contributed by atoms with Crippen LogP contribution < -0.4 is 5.73 Å². The van der Waals surface area contributed by atoms with Gasteiger partial charge in [0.15, 0.2) is 0 Å². The molecule has 0 unspecified atom stereocenters. The van der Waals surface area contributed by atoms with Gasteiger partial charge in [-0.1, -0.05) is 0 Å². The van der Waals surface area contributed by atoms with Crippen LogP contribution in [0.5, 0.6) is 0 Å². The van der Waals surface area contributed by atoms with Crippen LogP contribution in [0, 0.1) is 0 Å². The number of aromatic nitrogens is 2. The van der Waals surface area contributed by atoms with E-state index in [0.717, 1.165) is 5.39 Å². The largest absolute Gasteiger partial charge is 0.445 e. The molecule has 0 atom stereocenters. The van der Waals surface area contributed by atoms with Gasteiger partial charge in [-0.15, -0.1) is 5.10 Å². The summed E-state index contributed by atoms with van der Waals surface area (Å²) in [6.45, 7) is 0. The summed E-state index contributed by atoms with van der Waals surface area (Å²) in [5.74, 6) is 0. The predicted octanol–water partition coefficient (Wildman–Crippen LogP) is 0.805. The van der Waals surface area contributed by atoms with Gasteiger partial charge >= 0.3 is 0 Å². The third kappa shape index (κ3) is 0.556. The van der Waals surface area contributed by atoms with E-state index < -0.39 is 0 Å². The summed E-state index contributed by atoms with van der Waals surface area (Å²) in [6, 6.07) is 1.76. The molecule has 0 amide bonds. The van der Waals surface area contributed by atoms with Crippen molar-refractivity contribution in [2.24, 2.45) is 0 Å². The summed E-state index contributed by atoms with van der Waals surface area (Å²) in [5.41, 5.74) is 6.62. The molecule has 2 N–H and O–H groups in total. The fourth-order valence-electron chi connectivity index (χ4n) is 0.811. The Morgan fingerprint density at radius 1 is 1.50 bits per heavy atom. The molecule has 0 saturated heterocycles. The first kappa shape index (κ1) is 5.22. The first-order valence-electron chi connectivity index (χ1n) is 2.82. The van der Waals surface area contributed by atoms with Crippen LogP contribution in [0.2, 0.25) is 0 Å². The average Bonchev–Trinajstić information content (AvgIpc) is 2.36. The number of furan rings is 1. The number of nitrogens with two attached hydrogens (primary N) is 1. The molecule has 0 spiro atoms. The maximum atomic E-state index is 5.54. The summed E-state index contributed by atoms with van der Waals surface area (Å²) in [6.07, 6.45) is 3.04. The van der Waals surface area contributed by atoms with E-state index in [9.17, 15) is 0 Å². The van der Waals surface area contributed by atoms with E-state index in [1.807, 2.05) is 0 Å². The number of fused-ring (bicyclic) bond motifs is 1. The van der Waals surface area contributed by atoms with E-state index in [4.69, 9.17) is 10.2 Å². The maximum absolute atomic E-state index is 5.54. The van der Waals surface area contributed by atoms with Crippen molar-refractivity contribution >= 4 is 16.8 Å². The van der Waals surface area contributed by atoms with Crippen LogP contribution in [0.1, 0.15) is 0 Å². The summed E-state index contributed by atoms with van der Waals surface area (Å²) in [5, 5.41) is 8.14. The highest BCUT2D eigenvalue weighted by Crippen LogP contribution is 2.16. The van der Waals surface area contributed by atoms with Crippen molar-refractivity contribution in [2.75, 3.05) is 5.73 Å². The molecule has 0 aliphatic rings. The van der Waals surface area contributed by atoms with Gasteiger partial charge in [-0.05, 0) is 6.07 Å². The zero-order chi connectivity index (χ0) is 6.97. The van der Waals surface area contributed by atoms with Crippen molar-refractivity contribution in [3.05, 3.63) is 18.5 Å². The highest BCUT2D eigenvalue weighted by Gasteiger charge is 1.99. The second-order valence-corrected chi connectivity index (χ2v) is 1.94. The lowest BCUT2D eigenvalue weighted by molar-refractivity contribution is 0.597. The van der Waals surface area contributed by atoms with E-state index in [1.165, 1.54) is 12.5 Å². The van der Waals surface area contributed by atoms with Crippen LogP contribution in [-0.4, -0.2) is 10.2 Å². The van der Waals surface area contributed by atoms with Crippen molar-refractivity contribution in [2.45, 2.75) is 0 Å². The molecule has 0 radical (unpaired) electrons. The number of rotatable bonds is 0. The van der Waals surface area contributed by atoms with Gasteiger partial charge in [-0.25, -0.2) is 0 Å². The molecule has 0 fully saturated rings. The molecule has 2 aromatic rings. The summed E-state index contributed by atoms with van der Waals surface area (Å²) < 4.78 is 4.95. The fourth-order valence-corrected chi connectivity index (χ4v) is 0.811. The Balaban J connectivity index is 2.95. The minimum atomic E-state index is 0.486. The zero-order valence-corrected chi connectivity index (χ0v) is 5.11. The lowest BCUT2D eigenvalue weighted by Crippen LogP contribution is -1.88. The quantitative estimate of drug-likeness (QED) is 0.580. The molecule has 2 aromatic heterocycles. The molecular weight excluding hydrogens is 130 g/mol. The molecule has 10 heavy (non-hydrogen) atoms. The van der Waals surface area contributed by atoms with Gasteiger partial charge in [0, 0.05) is 0 Å². The number of hydrogen-bond donors (Lipinski definition) is 1. The monoisotopic (exact) mass is 135 g/mol. The normalized spacial score (nSPS) is 10.4. The van der Waals surface area contributed by atoms with Gasteiger partial charge in [0.05, 0.1) is 23.5 Å². The average molecular weight is 135 g/mol. The van der Waals surface area contributed by atoms with Gasteiger partial charge < -0.3 is 10.2 Å². The summed E-state index contributed by atoms with van der Waals surface area (Å²) in [4.78, 5) is 0. The number of hydrogen-bond acceptors (Lipinski definition) is 4. The lowest BCUT2D eigenvalue weighted by atomic mass is 10.3. The summed E-state index contributed by atoms with van der Waals surface area (Å²) in [7, 11) is 0. The van der Waals surface area contributed by atoms with Gasteiger partial charge in [0.1, 0.15) is 0 Å². The highest BCUT2D eigenvalue weighted by molar-refractivity contribution is 5.85. The molecule has 0 aliphatic heterocycles. The van der Waals surface area contributed by atoms with Crippen LogP contribution >= 0.6 is 0 Å². The molecule has 0 aliphatic carbocycles. The van der Waals surface area contributed by atoms with Gasteiger partial charge in [0.25, 0.3) is 0 Å². The smallest absolute Gasteiger partial charge is 0.247 e. The molecule has 4 nitrogen and oxygen atoms in total. The van der Waals surface area contributed by atoms with Crippen LogP contribution in [0.15, 0.2) is 22.9 Å². The van der Waals surface area contributed by atoms with Crippen LogP contribution in [-0.2, 0) is 0 Å². The van der Waals surface area contributed by atoms with Crippen molar-refractivity contribution in [3.63, 3.8) is 0 Å². The Kier molecular flexibility index (Phi) is 0.887. The van der Waals surface area contributed by atoms with E-state index >= 15 is 0 Å². The molecule has 2 rings (SSSR count). The third-order valence-corrected chi connectivity index (χ3v) is 1.30. The van der Waals surface area contributed by atoms with Crippen molar-refractivity contribution in [1.82, 2.24) is 10.2 Å². The standard InChI is InChI=1S/C6H5N3O/c7-5-3-8-9-6-4(5)1-2-10-6/h1-3H,(H2,7,9). The Hall–Kier alpha value is -1.58. The second-order valence-electron chi connectivity index (χ2n) is 1.94. The van der Waals surface area contributed by atoms with E-state index in [-0.39, 0.29) is 0 Å². The van der Waals surface area contributed by atoms with Crippen molar-refractivity contribution in [3.8, 4) is 0 Å². The van der Waals surface area contributed by atoms with E-state index in [0.29, 0.717) is 11.4 Å². The van der Waals surface area contributed by atoms with Crippen molar-refractivity contribution in [1.29, 1.82) is 0 Å². The molecular formula is C6H5N3O. The van der Waals surface area contributed by atoms with E-state index in [1.54, 1.807) is 6.07 Å².